The molecule has 0 saturated carbocycles. The highest BCUT2D eigenvalue weighted by atomic mass is 32.2. The Labute approximate surface area is 173 Å². The summed E-state index contributed by atoms with van der Waals surface area (Å²) in [6.07, 6.45) is 4.55. The van der Waals surface area contributed by atoms with Crippen LogP contribution in [-0.2, 0) is 14.8 Å². The molecule has 164 valence electrons. The van der Waals surface area contributed by atoms with Crippen molar-refractivity contribution in [3.63, 3.8) is 0 Å². The van der Waals surface area contributed by atoms with E-state index in [1.54, 1.807) is 11.2 Å². The first kappa shape index (κ1) is 22.2. The van der Waals surface area contributed by atoms with Crippen molar-refractivity contribution in [2.45, 2.75) is 52.5 Å². The zero-order chi connectivity index (χ0) is 21.2. The third-order valence-electron chi connectivity index (χ3n) is 6.08. The summed E-state index contributed by atoms with van der Waals surface area (Å²) in [5.41, 5.74) is -0.0353. The molecule has 2 saturated heterocycles. The second kappa shape index (κ2) is 8.69. The first-order valence-electron chi connectivity index (χ1n) is 10.3. The molecule has 0 bridgehead atoms. The van der Waals surface area contributed by atoms with E-state index in [0.29, 0.717) is 37.3 Å². The summed E-state index contributed by atoms with van der Waals surface area (Å²) < 4.78 is 30.7. The Morgan fingerprint density at radius 3 is 2.59 bits per heavy atom. The maximum absolute atomic E-state index is 12.5. The van der Waals surface area contributed by atoms with E-state index >= 15 is 0 Å². The largest absolute Gasteiger partial charge is 0.355 e. The molecule has 1 amide bonds. The molecule has 0 aromatic carbocycles. The van der Waals surface area contributed by atoms with Gasteiger partial charge in [0.05, 0.1) is 18.8 Å². The van der Waals surface area contributed by atoms with E-state index in [1.807, 2.05) is 0 Å². The molecule has 3 heterocycles. The van der Waals surface area contributed by atoms with E-state index in [4.69, 9.17) is 4.52 Å². The second-order valence-corrected chi connectivity index (χ2v) is 11.0. The molecule has 1 aromatic heterocycles. The quantitative estimate of drug-likeness (QED) is 0.699. The molecule has 1 aromatic rings. The number of aryl methyl sites for hydroxylation is 1. The highest BCUT2D eigenvalue weighted by molar-refractivity contribution is 7.88. The third-order valence-corrected chi connectivity index (χ3v) is 7.38. The number of piperidine rings is 1. The number of aromatic nitrogens is 2. The average Bonchev–Trinajstić information content (AvgIpc) is 3.18. The minimum absolute atomic E-state index is 0.00231. The van der Waals surface area contributed by atoms with Crippen molar-refractivity contribution < 1.29 is 17.7 Å². The predicted octanol–water partition coefficient (Wildman–Crippen LogP) is 1.33. The van der Waals surface area contributed by atoms with Crippen molar-refractivity contribution >= 4 is 15.9 Å². The van der Waals surface area contributed by atoms with Gasteiger partial charge in [-0.05, 0) is 43.9 Å². The molecule has 3 rings (SSSR count). The molecule has 0 aliphatic carbocycles. The van der Waals surface area contributed by atoms with Crippen LogP contribution in [0.3, 0.4) is 0 Å². The Balaban J connectivity index is 1.69. The van der Waals surface area contributed by atoms with Crippen molar-refractivity contribution in [2.24, 2.45) is 11.3 Å². The van der Waals surface area contributed by atoms with E-state index < -0.39 is 10.0 Å². The van der Waals surface area contributed by atoms with Gasteiger partial charge in [0.25, 0.3) is 0 Å². The van der Waals surface area contributed by atoms with E-state index in [0.717, 1.165) is 32.2 Å². The number of hydrogen-bond donors (Lipinski definition) is 1. The van der Waals surface area contributed by atoms with Gasteiger partial charge in [0.2, 0.25) is 21.8 Å². The second-order valence-electron chi connectivity index (χ2n) is 9.00. The summed E-state index contributed by atoms with van der Waals surface area (Å²) in [4.78, 5) is 19.0. The molecule has 9 nitrogen and oxygen atoms in total. The van der Waals surface area contributed by atoms with Crippen LogP contribution < -0.4 is 5.32 Å². The van der Waals surface area contributed by atoms with E-state index in [2.05, 4.69) is 34.2 Å². The molecule has 0 radical (unpaired) electrons. The van der Waals surface area contributed by atoms with Crippen molar-refractivity contribution in [3.8, 4) is 0 Å². The van der Waals surface area contributed by atoms with E-state index in [-0.39, 0.29) is 23.9 Å². The van der Waals surface area contributed by atoms with Crippen LogP contribution >= 0.6 is 0 Å². The number of rotatable bonds is 7. The van der Waals surface area contributed by atoms with Gasteiger partial charge in [-0.1, -0.05) is 19.0 Å². The molecular formula is C19H33N5O4S. The summed E-state index contributed by atoms with van der Waals surface area (Å²) in [6.45, 7) is 8.76. The van der Waals surface area contributed by atoms with Gasteiger partial charge in [-0.3, -0.25) is 9.69 Å². The molecule has 1 atom stereocenters. The van der Waals surface area contributed by atoms with Gasteiger partial charge >= 0.3 is 0 Å². The van der Waals surface area contributed by atoms with E-state index in [9.17, 15) is 13.2 Å². The first-order chi connectivity index (χ1) is 13.6. The summed E-state index contributed by atoms with van der Waals surface area (Å²) in [5, 5.41) is 6.92. The fraction of sp³-hybridized carbons (Fsp3) is 0.842. The van der Waals surface area contributed by atoms with Gasteiger partial charge in [0.15, 0.2) is 5.82 Å². The van der Waals surface area contributed by atoms with Crippen LogP contribution in [0.1, 0.15) is 57.3 Å². The van der Waals surface area contributed by atoms with Gasteiger partial charge in [-0.2, -0.15) is 4.98 Å². The Morgan fingerprint density at radius 1 is 1.34 bits per heavy atom. The Morgan fingerprint density at radius 2 is 2.03 bits per heavy atom. The summed E-state index contributed by atoms with van der Waals surface area (Å²) in [6, 6.07) is -0.114. The van der Waals surface area contributed by atoms with Crippen molar-refractivity contribution in [2.75, 3.05) is 39.0 Å². The number of nitrogens with zero attached hydrogens (tertiary/aromatic N) is 4. The van der Waals surface area contributed by atoms with Gasteiger partial charge in [0, 0.05) is 26.2 Å². The molecule has 1 N–H and O–H groups in total. The fourth-order valence-corrected chi connectivity index (χ4v) is 5.24. The minimum Gasteiger partial charge on any atom is -0.355 e. The maximum Gasteiger partial charge on any atom is 0.244 e. The van der Waals surface area contributed by atoms with E-state index in [1.165, 1.54) is 6.26 Å². The van der Waals surface area contributed by atoms with Gasteiger partial charge in [0.1, 0.15) is 0 Å². The van der Waals surface area contributed by atoms with Crippen LogP contribution in [0.2, 0.25) is 0 Å². The van der Waals surface area contributed by atoms with Crippen LogP contribution in [0, 0.1) is 18.3 Å². The zero-order valence-corrected chi connectivity index (χ0v) is 18.7. The summed E-state index contributed by atoms with van der Waals surface area (Å²) >= 11 is 0. The Hall–Kier alpha value is -1.52. The monoisotopic (exact) mass is 427 g/mol. The zero-order valence-electron chi connectivity index (χ0n) is 17.8. The lowest BCUT2D eigenvalue weighted by atomic mass is 9.77. The topological polar surface area (TPSA) is 109 Å². The third kappa shape index (κ3) is 5.55. The average molecular weight is 428 g/mol. The minimum atomic E-state index is -3.17. The smallest absolute Gasteiger partial charge is 0.244 e. The van der Waals surface area contributed by atoms with Gasteiger partial charge in [-0.15, -0.1) is 0 Å². The molecule has 29 heavy (non-hydrogen) atoms. The van der Waals surface area contributed by atoms with Crippen LogP contribution in [-0.4, -0.2) is 72.7 Å². The van der Waals surface area contributed by atoms with Crippen LogP contribution in [0.15, 0.2) is 4.52 Å². The summed E-state index contributed by atoms with van der Waals surface area (Å²) in [7, 11) is -3.17. The van der Waals surface area contributed by atoms with Crippen LogP contribution in [0.5, 0.6) is 0 Å². The standard InChI is InChI=1S/C19H33N5O4S/c1-14(2)5-8-20-17(25)12-23-13-19(6-9-24(10-7-19)29(4,26)27)11-16(23)18-21-15(3)22-28-18/h14,16H,5-13H2,1-4H3,(H,20,25). The number of carbonyl (C=O) groups excluding carboxylic acids is 1. The van der Waals surface area contributed by atoms with Crippen molar-refractivity contribution in [3.05, 3.63) is 11.7 Å². The lowest BCUT2D eigenvalue weighted by Crippen LogP contribution is -2.44. The molecule has 1 spiro atoms. The van der Waals surface area contributed by atoms with Crippen molar-refractivity contribution in [1.82, 2.24) is 24.7 Å². The number of nitrogens with one attached hydrogen (secondary N) is 1. The van der Waals surface area contributed by atoms with Gasteiger partial charge < -0.3 is 9.84 Å². The van der Waals surface area contributed by atoms with Gasteiger partial charge in [-0.25, -0.2) is 12.7 Å². The maximum atomic E-state index is 12.5. The SMILES string of the molecule is Cc1noc(C2CC3(CCN(S(C)(=O)=O)CC3)CN2CC(=O)NCCC(C)C)n1. The number of carbonyl (C=O) groups is 1. The Bertz CT molecular complexity index is 814. The molecular weight excluding hydrogens is 394 g/mol. The van der Waals surface area contributed by atoms with Crippen LogP contribution in [0.4, 0.5) is 0 Å². The highest BCUT2D eigenvalue weighted by Crippen LogP contribution is 2.48. The molecule has 2 aliphatic heterocycles. The van der Waals surface area contributed by atoms with Crippen LogP contribution in [0.25, 0.3) is 0 Å². The first-order valence-corrected chi connectivity index (χ1v) is 12.2. The summed E-state index contributed by atoms with van der Waals surface area (Å²) in [5.74, 6) is 1.66. The number of amides is 1. The Kier molecular flexibility index (Phi) is 6.64. The normalized spacial score (nSPS) is 23.1. The number of sulfonamides is 1. The molecule has 2 fully saturated rings. The molecule has 1 unspecified atom stereocenters. The lowest BCUT2D eigenvalue weighted by Gasteiger charge is -2.38. The lowest BCUT2D eigenvalue weighted by molar-refractivity contribution is -0.122. The molecule has 2 aliphatic rings. The van der Waals surface area contributed by atoms with Crippen molar-refractivity contribution in [1.29, 1.82) is 0 Å². The fourth-order valence-electron chi connectivity index (χ4n) is 4.40. The predicted molar refractivity (Wildman–Crippen MR) is 109 cm³/mol. The highest BCUT2D eigenvalue weighted by Gasteiger charge is 2.48. The number of hydrogen-bond acceptors (Lipinski definition) is 7. The molecule has 10 heteroatoms. The number of likely N-dealkylation sites (tertiary alicyclic amines) is 1.